The molecule has 1 fully saturated rings. The lowest BCUT2D eigenvalue weighted by Gasteiger charge is -2.21. The van der Waals surface area contributed by atoms with Gasteiger partial charge >= 0.3 is 0 Å². The number of benzene rings is 2. The number of thioether (sulfide) groups is 1. The van der Waals surface area contributed by atoms with Crippen molar-refractivity contribution in [2.24, 2.45) is 0 Å². The van der Waals surface area contributed by atoms with Crippen LogP contribution in [-0.2, 0) is 4.79 Å². The molecule has 1 heterocycles. The van der Waals surface area contributed by atoms with Crippen molar-refractivity contribution in [3.63, 3.8) is 0 Å². The summed E-state index contributed by atoms with van der Waals surface area (Å²) in [6.07, 6.45) is 4.11. The summed E-state index contributed by atoms with van der Waals surface area (Å²) < 4.78 is 12.1. The first-order valence-corrected chi connectivity index (χ1v) is 9.56. The zero-order valence-corrected chi connectivity index (χ0v) is 15.0. The first-order chi connectivity index (χ1) is 12.1. The molecule has 130 valence electrons. The van der Waals surface area contributed by atoms with E-state index in [9.17, 15) is 4.79 Å². The van der Waals surface area contributed by atoms with Gasteiger partial charge in [-0.1, -0.05) is 18.2 Å². The number of amides is 1. The van der Waals surface area contributed by atoms with Gasteiger partial charge in [-0.2, -0.15) is 0 Å². The van der Waals surface area contributed by atoms with Crippen LogP contribution >= 0.6 is 11.8 Å². The van der Waals surface area contributed by atoms with Crippen LogP contribution in [0.3, 0.4) is 0 Å². The SMILES string of the molecule is C[C@@H](Sc1ccccc1)C(=O)Nc1ccc2c(c1)OC1(CCCC1)O2. The molecule has 1 N–H and O–H groups in total. The van der Waals surface area contributed by atoms with Gasteiger partial charge in [-0.15, -0.1) is 11.8 Å². The minimum absolute atomic E-state index is 0.0247. The van der Waals surface area contributed by atoms with Crippen molar-refractivity contribution in [3.05, 3.63) is 48.5 Å². The number of nitrogens with one attached hydrogen (secondary N) is 1. The third-order valence-corrected chi connectivity index (χ3v) is 5.71. The molecule has 1 amide bonds. The van der Waals surface area contributed by atoms with Gasteiger partial charge in [0.2, 0.25) is 5.91 Å². The highest BCUT2D eigenvalue weighted by Gasteiger charge is 2.44. The monoisotopic (exact) mass is 355 g/mol. The van der Waals surface area contributed by atoms with Crippen LogP contribution in [-0.4, -0.2) is 16.9 Å². The van der Waals surface area contributed by atoms with E-state index in [2.05, 4.69) is 5.32 Å². The molecule has 2 aromatic carbocycles. The van der Waals surface area contributed by atoms with E-state index in [1.165, 1.54) is 0 Å². The van der Waals surface area contributed by atoms with E-state index in [1.807, 2.05) is 55.5 Å². The number of hydrogen-bond donors (Lipinski definition) is 1. The maximum atomic E-state index is 12.5. The normalized spacial score (nSPS) is 18.3. The van der Waals surface area contributed by atoms with Crippen molar-refractivity contribution in [1.82, 2.24) is 0 Å². The molecule has 4 nitrogen and oxygen atoms in total. The molecule has 0 aromatic heterocycles. The minimum Gasteiger partial charge on any atom is -0.448 e. The summed E-state index contributed by atoms with van der Waals surface area (Å²) in [5.74, 6) is 1.000. The molecule has 1 spiro atoms. The third-order valence-electron chi connectivity index (χ3n) is 4.59. The maximum Gasteiger partial charge on any atom is 0.251 e. The predicted molar refractivity (Wildman–Crippen MR) is 99.3 cm³/mol. The summed E-state index contributed by atoms with van der Waals surface area (Å²) >= 11 is 1.54. The highest BCUT2D eigenvalue weighted by atomic mass is 32.2. The van der Waals surface area contributed by atoms with Crippen molar-refractivity contribution in [2.75, 3.05) is 5.32 Å². The van der Waals surface area contributed by atoms with Crippen LogP contribution in [0.4, 0.5) is 5.69 Å². The van der Waals surface area contributed by atoms with Gasteiger partial charge in [0.15, 0.2) is 11.5 Å². The summed E-state index contributed by atoms with van der Waals surface area (Å²) in [6, 6.07) is 15.6. The molecular formula is C20H21NO3S. The number of carbonyl (C=O) groups is 1. The van der Waals surface area contributed by atoms with Crippen LogP contribution in [0.1, 0.15) is 32.6 Å². The second-order valence-electron chi connectivity index (χ2n) is 6.55. The lowest BCUT2D eigenvalue weighted by Crippen LogP contribution is -2.34. The Morgan fingerprint density at radius 1 is 1.08 bits per heavy atom. The van der Waals surface area contributed by atoms with Crippen molar-refractivity contribution in [2.45, 2.75) is 48.5 Å². The van der Waals surface area contributed by atoms with Crippen LogP contribution in [0, 0.1) is 0 Å². The number of ether oxygens (including phenoxy) is 2. The first-order valence-electron chi connectivity index (χ1n) is 8.68. The van der Waals surface area contributed by atoms with Crippen molar-refractivity contribution in [3.8, 4) is 11.5 Å². The predicted octanol–water partition coefficient (Wildman–Crippen LogP) is 4.85. The second kappa shape index (κ2) is 6.64. The van der Waals surface area contributed by atoms with E-state index in [0.29, 0.717) is 0 Å². The third kappa shape index (κ3) is 3.47. The quantitative estimate of drug-likeness (QED) is 0.797. The van der Waals surface area contributed by atoms with Gasteiger partial charge in [0.1, 0.15) is 0 Å². The average Bonchev–Trinajstić information content (AvgIpc) is 3.21. The number of rotatable bonds is 4. The molecule has 0 saturated heterocycles. The smallest absolute Gasteiger partial charge is 0.251 e. The zero-order chi connectivity index (χ0) is 17.3. The summed E-state index contributed by atoms with van der Waals surface area (Å²) in [5, 5.41) is 2.79. The van der Waals surface area contributed by atoms with Gasteiger partial charge in [-0.25, -0.2) is 0 Å². The van der Waals surface area contributed by atoms with E-state index < -0.39 is 5.79 Å². The van der Waals surface area contributed by atoms with E-state index in [4.69, 9.17) is 9.47 Å². The molecule has 2 aliphatic rings. The van der Waals surface area contributed by atoms with Crippen molar-refractivity contribution < 1.29 is 14.3 Å². The summed E-state index contributed by atoms with van der Waals surface area (Å²) in [7, 11) is 0. The molecule has 4 rings (SSSR count). The number of fused-ring (bicyclic) bond motifs is 1. The van der Waals surface area contributed by atoms with Crippen LogP contribution in [0.15, 0.2) is 53.4 Å². The molecule has 2 aromatic rings. The highest BCUT2D eigenvalue weighted by molar-refractivity contribution is 8.00. The Kier molecular flexibility index (Phi) is 4.34. The largest absolute Gasteiger partial charge is 0.448 e. The lowest BCUT2D eigenvalue weighted by molar-refractivity contribution is -0.115. The molecule has 0 unspecified atom stereocenters. The maximum absolute atomic E-state index is 12.5. The summed E-state index contributed by atoms with van der Waals surface area (Å²) in [5.41, 5.74) is 0.739. The van der Waals surface area contributed by atoms with Gasteiger partial charge in [0, 0.05) is 29.5 Å². The molecule has 1 aliphatic carbocycles. The Hall–Kier alpha value is -2.14. The van der Waals surface area contributed by atoms with Crippen LogP contribution in [0.25, 0.3) is 0 Å². The Morgan fingerprint density at radius 2 is 1.80 bits per heavy atom. The number of anilines is 1. The second-order valence-corrected chi connectivity index (χ2v) is 7.96. The first kappa shape index (κ1) is 16.3. The summed E-state index contributed by atoms with van der Waals surface area (Å²) in [4.78, 5) is 13.5. The van der Waals surface area contributed by atoms with Gasteiger partial charge in [-0.3, -0.25) is 4.79 Å². The van der Waals surface area contributed by atoms with E-state index >= 15 is 0 Å². The molecule has 0 bridgehead atoms. The molecule has 1 atom stereocenters. The van der Waals surface area contributed by atoms with Gasteiger partial charge in [0.25, 0.3) is 5.79 Å². The molecule has 1 aliphatic heterocycles. The fourth-order valence-electron chi connectivity index (χ4n) is 3.29. The molecule has 1 saturated carbocycles. The topological polar surface area (TPSA) is 47.6 Å². The van der Waals surface area contributed by atoms with Gasteiger partial charge in [-0.05, 0) is 44.0 Å². The van der Waals surface area contributed by atoms with Crippen molar-refractivity contribution in [1.29, 1.82) is 0 Å². The van der Waals surface area contributed by atoms with Crippen LogP contribution in [0.5, 0.6) is 11.5 Å². The fourth-order valence-corrected chi connectivity index (χ4v) is 4.18. The van der Waals surface area contributed by atoms with Crippen molar-refractivity contribution >= 4 is 23.4 Å². The standard InChI is InChI=1S/C20H21NO3S/c1-14(25-16-7-3-2-4-8-16)19(22)21-15-9-10-17-18(13-15)24-20(23-17)11-5-6-12-20/h2-4,7-10,13-14H,5-6,11-12H2,1H3,(H,21,22)/t14-/m1/s1. The van der Waals surface area contributed by atoms with Crippen LogP contribution < -0.4 is 14.8 Å². The Balaban J connectivity index is 1.41. The number of carbonyl (C=O) groups excluding carboxylic acids is 1. The molecule has 5 heteroatoms. The Labute approximate surface area is 151 Å². The number of hydrogen-bond acceptors (Lipinski definition) is 4. The van der Waals surface area contributed by atoms with E-state index in [1.54, 1.807) is 11.8 Å². The van der Waals surface area contributed by atoms with Crippen LogP contribution in [0.2, 0.25) is 0 Å². The molecular weight excluding hydrogens is 334 g/mol. The lowest BCUT2D eigenvalue weighted by atomic mass is 10.2. The fraction of sp³-hybridized carbons (Fsp3) is 0.350. The Morgan fingerprint density at radius 3 is 2.56 bits per heavy atom. The average molecular weight is 355 g/mol. The minimum atomic E-state index is -0.471. The summed E-state index contributed by atoms with van der Waals surface area (Å²) in [6.45, 7) is 1.91. The molecule has 0 radical (unpaired) electrons. The zero-order valence-electron chi connectivity index (χ0n) is 14.2. The molecule has 25 heavy (non-hydrogen) atoms. The van der Waals surface area contributed by atoms with E-state index in [-0.39, 0.29) is 11.2 Å². The highest BCUT2D eigenvalue weighted by Crippen LogP contribution is 2.47. The van der Waals surface area contributed by atoms with Gasteiger partial charge in [0.05, 0.1) is 5.25 Å². The van der Waals surface area contributed by atoms with Gasteiger partial charge < -0.3 is 14.8 Å². The van der Waals surface area contributed by atoms with E-state index in [0.717, 1.165) is 47.8 Å². The Bertz CT molecular complexity index is 772.